The Kier molecular flexibility index (Phi) is 7.35. The van der Waals surface area contributed by atoms with Crippen molar-refractivity contribution in [2.45, 2.75) is 30.9 Å². The summed E-state index contributed by atoms with van der Waals surface area (Å²) in [5.41, 5.74) is 0.264. The Labute approximate surface area is 191 Å². The van der Waals surface area contributed by atoms with Crippen LogP contribution in [-0.4, -0.2) is 72.5 Å². The van der Waals surface area contributed by atoms with Crippen molar-refractivity contribution >= 4 is 31.9 Å². The zero-order valence-corrected chi connectivity index (χ0v) is 20.0. The van der Waals surface area contributed by atoms with Crippen LogP contribution < -0.4 is 4.74 Å². The van der Waals surface area contributed by atoms with Crippen molar-refractivity contribution in [3.05, 3.63) is 52.6 Å². The van der Waals surface area contributed by atoms with E-state index in [4.69, 9.17) is 4.74 Å². The van der Waals surface area contributed by atoms with Gasteiger partial charge in [-0.15, -0.1) is 0 Å². The van der Waals surface area contributed by atoms with Crippen molar-refractivity contribution < 1.29 is 23.1 Å². The number of aromatic nitrogens is 1. The van der Waals surface area contributed by atoms with Crippen molar-refractivity contribution in [2.75, 3.05) is 26.7 Å². The van der Waals surface area contributed by atoms with Gasteiger partial charge in [0.15, 0.2) is 0 Å². The Morgan fingerprint density at radius 3 is 2.68 bits per heavy atom. The van der Waals surface area contributed by atoms with Crippen LogP contribution >= 0.6 is 15.9 Å². The number of nitrogens with zero attached hydrogens (tertiary/aromatic N) is 3. The highest BCUT2D eigenvalue weighted by atomic mass is 79.9. The Hall–Kier alpha value is -2.01. The minimum absolute atomic E-state index is 0.0745. The van der Waals surface area contributed by atoms with Crippen molar-refractivity contribution in [3.8, 4) is 5.88 Å². The van der Waals surface area contributed by atoms with Gasteiger partial charge in [0.1, 0.15) is 11.7 Å². The second-order valence-corrected chi connectivity index (χ2v) is 10.7. The summed E-state index contributed by atoms with van der Waals surface area (Å²) in [6.07, 6.45) is 0.970. The number of halogens is 1. The highest BCUT2D eigenvalue weighted by Gasteiger charge is 2.35. The van der Waals surface area contributed by atoms with Gasteiger partial charge in [0.05, 0.1) is 24.1 Å². The zero-order chi connectivity index (χ0) is 22.8. The van der Waals surface area contributed by atoms with E-state index in [1.807, 2.05) is 6.92 Å². The van der Waals surface area contributed by atoms with Gasteiger partial charge in [-0.05, 0) is 41.1 Å². The summed E-state index contributed by atoms with van der Waals surface area (Å²) in [4.78, 5) is 19.2. The molecule has 1 aromatic heterocycles. The molecule has 3 atom stereocenters. The fourth-order valence-electron chi connectivity index (χ4n) is 3.42. The summed E-state index contributed by atoms with van der Waals surface area (Å²) in [6.45, 7) is 3.84. The lowest BCUT2D eigenvalue weighted by molar-refractivity contribution is 0.0373. The second-order valence-electron chi connectivity index (χ2n) is 7.73. The molecule has 0 bridgehead atoms. The van der Waals surface area contributed by atoms with Crippen LogP contribution in [0.5, 0.6) is 5.88 Å². The molecule has 3 rings (SSSR count). The van der Waals surface area contributed by atoms with Crippen LogP contribution in [0.25, 0.3) is 0 Å². The molecule has 1 aliphatic rings. The molecule has 1 amide bonds. The van der Waals surface area contributed by atoms with Crippen LogP contribution in [0.2, 0.25) is 0 Å². The molecule has 0 saturated heterocycles. The standard InChI is InChI=1S/C21H26BrN3O5S/c1-14-11-25(15(2)13-26)21(27)18-9-16(22)10-23-20(18)30-19(14)12-24(3)31(28,29)17-7-5-4-6-8-17/h4-10,14-15,19,26H,11-13H2,1-3H3/t14-,15-,19-/m0/s1. The molecular weight excluding hydrogens is 486 g/mol. The van der Waals surface area contributed by atoms with Crippen LogP contribution in [-0.2, 0) is 10.0 Å². The van der Waals surface area contributed by atoms with Crippen LogP contribution in [0, 0.1) is 5.92 Å². The molecule has 2 aromatic rings. The molecule has 1 N–H and O–H groups in total. The maximum atomic E-state index is 13.1. The molecule has 0 saturated carbocycles. The first-order chi connectivity index (χ1) is 14.6. The third-order valence-corrected chi connectivity index (χ3v) is 7.65. The molecule has 0 unspecified atom stereocenters. The van der Waals surface area contributed by atoms with Gasteiger partial charge in [-0.25, -0.2) is 13.4 Å². The van der Waals surface area contributed by atoms with E-state index in [2.05, 4.69) is 20.9 Å². The molecular formula is C21H26BrN3O5S. The number of ether oxygens (including phenoxy) is 1. The number of pyridine rings is 1. The normalized spacial score (nSPS) is 20.6. The number of amides is 1. The molecule has 8 nitrogen and oxygen atoms in total. The van der Waals surface area contributed by atoms with Crippen molar-refractivity contribution in [1.82, 2.24) is 14.2 Å². The van der Waals surface area contributed by atoms with Crippen molar-refractivity contribution in [3.63, 3.8) is 0 Å². The molecule has 0 spiro atoms. The van der Waals surface area contributed by atoms with Crippen LogP contribution in [0.15, 0.2) is 52.0 Å². The number of fused-ring (bicyclic) bond motifs is 1. The molecule has 168 valence electrons. The number of rotatable bonds is 6. The summed E-state index contributed by atoms with van der Waals surface area (Å²) < 4.78 is 33.9. The quantitative estimate of drug-likeness (QED) is 0.638. The minimum atomic E-state index is -3.71. The maximum Gasteiger partial charge on any atom is 0.259 e. The number of hydrogen-bond acceptors (Lipinski definition) is 6. The first-order valence-corrected chi connectivity index (χ1v) is 12.1. The number of benzene rings is 1. The van der Waals surface area contributed by atoms with Gasteiger partial charge >= 0.3 is 0 Å². The molecule has 1 aromatic carbocycles. The van der Waals surface area contributed by atoms with Crippen LogP contribution in [0.3, 0.4) is 0 Å². The van der Waals surface area contributed by atoms with Gasteiger partial charge in [0.25, 0.3) is 5.91 Å². The predicted octanol–water partition coefficient (Wildman–Crippen LogP) is 2.38. The average Bonchev–Trinajstić information content (AvgIpc) is 2.76. The first-order valence-electron chi connectivity index (χ1n) is 9.90. The van der Waals surface area contributed by atoms with Gasteiger partial charge in [-0.2, -0.15) is 4.31 Å². The Morgan fingerprint density at radius 2 is 2.03 bits per heavy atom. The van der Waals surface area contributed by atoms with E-state index in [0.29, 0.717) is 11.0 Å². The number of carbonyl (C=O) groups excluding carboxylic acids is 1. The van der Waals surface area contributed by atoms with Crippen LogP contribution in [0.1, 0.15) is 24.2 Å². The summed E-state index contributed by atoms with van der Waals surface area (Å²) in [6, 6.07) is 9.41. The predicted molar refractivity (Wildman–Crippen MR) is 119 cm³/mol. The molecule has 0 fully saturated rings. The van der Waals surface area contributed by atoms with Gasteiger partial charge in [0, 0.05) is 30.2 Å². The van der Waals surface area contributed by atoms with E-state index in [1.54, 1.807) is 48.2 Å². The van der Waals surface area contributed by atoms with Crippen molar-refractivity contribution in [2.24, 2.45) is 5.92 Å². The maximum absolute atomic E-state index is 13.1. The SMILES string of the molecule is C[C@H]1CN([C@@H](C)CO)C(=O)c2cc(Br)cnc2O[C@H]1CN(C)S(=O)(=O)c1ccccc1. The summed E-state index contributed by atoms with van der Waals surface area (Å²) in [7, 11) is -2.20. The zero-order valence-electron chi connectivity index (χ0n) is 17.6. The molecule has 0 radical (unpaired) electrons. The molecule has 1 aliphatic heterocycles. The Morgan fingerprint density at radius 1 is 1.35 bits per heavy atom. The monoisotopic (exact) mass is 511 g/mol. The molecule has 10 heteroatoms. The highest BCUT2D eigenvalue weighted by molar-refractivity contribution is 9.10. The van der Waals surface area contributed by atoms with Gasteiger partial charge in [-0.1, -0.05) is 25.1 Å². The topological polar surface area (TPSA) is 100 Å². The van der Waals surface area contributed by atoms with E-state index in [0.717, 1.165) is 0 Å². The largest absolute Gasteiger partial charge is 0.472 e. The number of aliphatic hydroxyl groups is 1. The second kappa shape index (κ2) is 9.64. The van der Waals surface area contributed by atoms with Crippen molar-refractivity contribution in [1.29, 1.82) is 0 Å². The molecule has 0 aliphatic carbocycles. The number of hydrogen-bond donors (Lipinski definition) is 1. The third kappa shape index (κ3) is 5.08. The lowest BCUT2D eigenvalue weighted by Gasteiger charge is -2.37. The van der Waals surface area contributed by atoms with E-state index in [-0.39, 0.29) is 41.3 Å². The number of likely N-dealkylation sites (N-methyl/N-ethyl adjacent to an activating group) is 1. The fourth-order valence-corrected chi connectivity index (χ4v) is 4.95. The summed E-state index contributed by atoms with van der Waals surface area (Å²) in [5, 5.41) is 9.66. The smallest absolute Gasteiger partial charge is 0.259 e. The molecule has 31 heavy (non-hydrogen) atoms. The van der Waals surface area contributed by atoms with Gasteiger partial charge in [0.2, 0.25) is 15.9 Å². The van der Waals surface area contributed by atoms with E-state index < -0.39 is 22.2 Å². The third-order valence-electron chi connectivity index (χ3n) is 5.38. The lowest BCUT2D eigenvalue weighted by atomic mass is 10.0. The lowest BCUT2D eigenvalue weighted by Crippen LogP contribution is -2.50. The average molecular weight is 512 g/mol. The number of carbonyl (C=O) groups is 1. The first kappa shape index (κ1) is 23.6. The molecule has 2 heterocycles. The summed E-state index contributed by atoms with van der Waals surface area (Å²) in [5.74, 6) is -0.365. The van der Waals surface area contributed by atoms with E-state index in [9.17, 15) is 18.3 Å². The number of sulfonamides is 1. The Balaban J connectivity index is 1.95. The van der Waals surface area contributed by atoms with Gasteiger partial charge in [-0.3, -0.25) is 4.79 Å². The van der Waals surface area contributed by atoms with E-state index in [1.165, 1.54) is 17.5 Å². The van der Waals surface area contributed by atoms with E-state index >= 15 is 0 Å². The number of aliphatic hydroxyl groups excluding tert-OH is 1. The summed E-state index contributed by atoms with van der Waals surface area (Å²) >= 11 is 3.33. The Bertz CT molecular complexity index is 1030. The minimum Gasteiger partial charge on any atom is -0.472 e. The van der Waals surface area contributed by atoms with Crippen LogP contribution in [0.4, 0.5) is 0 Å². The fraction of sp³-hybridized carbons (Fsp3) is 0.429. The van der Waals surface area contributed by atoms with Gasteiger partial charge < -0.3 is 14.7 Å². The highest BCUT2D eigenvalue weighted by Crippen LogP contribution is 2.29.